The molecule has 19 heavy (non-hydrogen) atoms. The van der Waals surface area contributed by atoms with Crippen LogP contribution in [-0.4, -0.2) is 76.2 Å². The molecule has 110 valence electrons. The Labute approximate surface area is 108 Å². The molecule has 0 heterocycles. The number of carbonyl (C=O) groups excluding carboxylic acids is 3. The molecule has 0 unspecified atom stereocenters. The van der Waals surface area contributed by atoms with Crippen LogP contribution in [0.5, 0.6) is 0 Å². The van der Waals surface area contributed by atoms with E-state index >= 15 is 0 Å². The Kier molecular flexibility index (Phi) is 7.84. The third kappa shape index (κ3) is 5.75. The average molecular weight is 279 g/mol. The SMILES string of the molecule is CCOC(=O)CNC(=O)[C@@H](O)[C@H](O)[C@H](O)[C@@H](O)C=O. The summed E-state index contributed by atoms with van der Waals surface area (Å²) < 4.78 is 4.50. The van der Waals surface area contributed by atoms with E-state index in [1.807, 2.05) is 5.32 Å². The van der Waals surface area contributed by atoms with Gasteiger partial charge in [-0.3, -0.25) is 9.59 Å². The number of rotatable bonds is 8. The molecule has 0 aliphatic heterocycles. The molecule has 0 aliphatic rings. The van der Waals surface area contributed by atoms with Crippen molar-refractivity contribution in [1.29, 1.82) is 0 Å². The van der Waals surface area contributed by atoms with Gasteiger partial charge in [0.05, 0.1) is 6.61 Å². The summed E-state index contributed by atoms with van der Waals surface area (Å²) >= 11 is 0. The Balaban J connectivity index is 4.32. The predicted octanol–water partition coefficient (Wildman–Crippen LogP) is -3.69. The monoisotopic (exact) mass is 279 g/mol. The van der Waals surface area contributed by atoms with E-state index in [9.17, 15) is 29.7 Å². The summed E-state index contributed by atoms with van der Waals surface area (Å²) in [6.07, 6.45) is -8.22. The molecule has 0 saturated carbocycles. The number of aldehydes is 1. The smallest absolute Gasteiger partial charge is 0.325 e. The Morgan fingerprint density at radius 3 is 2.26 bits per heavy atom. The summed E-state index contributed by atoms with van der Waals surface area (Å²) in [6.45, 7) is 1.16. The lowest BCUT2D eigenvalue weighted by Crippen LogP contribution is -2.51. The van der Waals surface area contributed by atoms with Crippen LogP contribution < -0.4 is 5.32 Å². The number of hydrogen-bond acceptors (Lipinski definition) is 8. The van der Waals surface area contributed by atoms with Crippen molar-refractivity contribution in [3.8, 4) is 0 Å². The van der Waals surface area contributed by atoms with Crippen LogP contribution in [0.15, 0.2) is 0 Å². The molecular weight excluding hydrogens is 262 g/mol. The van der Waals surface area contributed by atoms with Gasteiger partial charge in [0.1, 0.15) is 24.9 Å². The maximum absolute atomic E-state index is 11.3. The minimum absolute atomic E-state index is 0.0584. The van der Waals surface area contributed by atoms with Gasteiger partial charge in [0.2, 0.25) is 0 Å². The number of aliphatic hydroxyl groups is 4. The van der Waals surface area contributed by atoms with Crippen LogP contribution in [0, 0.1) is 0 Å². The minimum atomic E-state index is -2.11. The first-order valence-electron chi connectivity index (χ1n) is 5.46. The molecule has 0 radical (unpaired) electrons. The van der Waals surface area contributed by atoms with Gasteiger partial charge in [-0.1, -0.05) is 0 Å². The fourth-order valence-corrected chi connectivity index (χ4v) is 1.10. The normalized spacial score (nSPS) is 16.9. The van der Waals surface area contributed by atoms with Crippen molar-refractivity contribution >= 4 is 18.2 Å². The van der Waals surface area contributed by atoms with E-state index < -0.39 is 42.8 Å². The van der Waals surface area contributed by atoms with E-state index in [2.05, 4.69) is 4.74 Å². The standard InChI is InChI=1S/C10H17NO8/c1-2-19-6(14)3-11-10(18)9(17)8(16)7(15)5(13)4-12/h4-5,7-9,13,15-17H,2-3H2,1H3,(H,11,18)/t5-,7+,8+,9-/m0/s1. The molecule has 4 atom stereocenters. The highest BCUT2D eigenvalue weighted by molar-refractivity contribution is 5.85. The molecule has 0 rings (SSSR count). The van der Waals surface area contributed by atoms with E-state index in [1.165, 1.54) is 0 Å². The average Bonchev–Trinajstić information content (AvgIpc) is 2.41. The van der Waals surface area contributed by atoms with Crippen molar-refractivity contribution in [1.82, 2.24) is 5.32 Å². The number of amides is 1. The molecule has 9 nitrogen and oxygen atoms in total. The van der Waals surface area contributed by atoms with Gasteiger partial charge in [-0.05, 0) is 6.92 Å². The molecule has 0 bridgehead atoms. The highest BCUT2D eigenvalue weighted by Crippen LogP contribution is 2.04. The first-order chi connectivity index (χ1) is 8.84. The number of nitrogens with one attached hydrogen (secondary N) is 1. The lowest BCUT2D eigenvalue weighted by atomic mass is 10.0. The summed E-state index contributed by atoms with van der Waals surface area (Å²) in [5.41, 5.74) is 0. The van der Waals surface area contributed by atoms with Crippen molar-refractivity contribution in [2.75, 3.05) is 13.2 Å². The summed E-state index contributed by atoms with van der Waals surface area (Å²) in [4.78, 5) is 32.4. The first kappa shape index (κ1) is 17.4. The molecule has 5 N–H and O–H groups in total. The quantitative estimate of drug-likeness (QED) is 0.225. The Morgan fingerprint density at radius 1 is 1.21 bits per heavy atom. The summed E-state index contributed by atoms with van der Waals surface area (Å²) in [5, 5.41) is 38.8. The number of ether oxygens (including phenoxy) is 1. The van der Waals surface area contributed by atoms with Gasteiger partial charge in [0.25, 0.3) is 5.91 Å². The molecule has 0 spiro atoms. The van der Waals surface area contributed by atoms with Crippen LogP contribution >= 0.6 is 0 Å². The number of esters is 1. The Bertz CT molecular complexity index is 321. The Morgan fingerprint density at radius 2 is 1.79 bits per heavy atom. The second kappa shape index (κ2) is 8.53. The zero-order valence-corrected chi connectivity index (χ0v) is 10.2. The minimum Gasteiger partial charge on any atom is -0.465 e. The molecule has 0 fully saturated rings. The topological polar surface area (TPSA) is 153 Å². The van der Waals surface area contributed by atoms with Crippen molar-refractivity contribution in [3.63, 3.8) is 0 Å². The molecular formula is C10H17NO8. The maximum atomic E-state index is 11.3. The summed E-state index contributed by atoms with van der Waals surface area (Å²) in [7, 11) is 0. The second-order valence-corrected chi connectivity index (χ2v) is 3.58. The Hall–Kier alpha value is -1.55. The zero-order valence-electron chi connectivity index (χ0n) is 10.2. The van der Waals surface area contributed by atoms with E-state index in [0.717, 1.165) is 0 Å². The van der Waals surface area contributed by atoms with Gasteiger partial charge in [-0.25, -0.2) is 0 Å². The van der Waals surface area contributed by atoms with Gasteiger partial charge in [0.15, 0.2) is 12.4 Å². The van der Waals surface area contributed by atoms with E-state index in [-0.39, 0.29) is 12.9 Å². The number of aliphatic hydroxyl groups excluding tert-OH is 4. The molecule has 0 aromatic carbocycles. The van der Waals surface area contributed by atoms with Crippen molar-refractivity contribution in [3.05, 3.63) is 0 Å². The van der Waals surface area contributed by atoms with E-state index in [0.29, 0.717) is 0 Å². The first-order valence-corrected chi connectivity index (χ1v) is 5.46. The molecule has 0 aromatic heterocycles. The van der Waals surface area contributed by atoms with Crippen molar-refractivity contribution in [2.45, 2.75) is 31.3 Å². The van der Waals surface area contributed by atoms with Gasteiger partial charge >= 0.3 is 5.97 Å². The van der Waals surface area contributed by atoms with Gasteiger partial charge < -0.3 is 35.3 Å². The second-order valence-electron chi connectivity index (χ2n) is 3.58. The van der Waals surface area contributed by atoms with Crippen LogP contribution in [0.1, 0.15) is 6.92 Å². The summed E-state index contributed by atoms with van der Waals surface area (Å²) in [6, 6.07) is 0. The highest BCUT2D eigenvalue weighted by Gasteiger charge is 2.34. The largest absolute Gasteiger partial charge is 0.465 e. The molecule has 0 aliphatic carbocycles. The molecule has 1 amide bonds. The lowest BCUT2D eigenvalue weighted by molar-refractivity contribution is -0.152. The van der Waals surface area contributed by atoms with E-state index in [4.69, 9.17) is 5.11 Å². The predicted molar refractivity (Wildman–Crippen MR) is 59.7 cm³/mol. The highest BCUT2D eigenvalue weighted by atomic mass is 16.5. The number of hydrogen-bond donors (Lipinski definition) is 5. The van der Waals surface area contributed by atoms with Crippen LogP contribution in [0.2, 0.25) is 0 Å². The maximum Gasteiger partial charge on any atom is 0.325 e. The van der Waals surface area contributed by atoms with Gasteiger partial charge in [-0.2, -0.15) is 0 Å². The van der Waals surface area contributed by atoms with E-state index in [1.54, 1.807) is 6.92 Å². The van der Waals surface area contributed by atoms with Crippen LogP contribution in [0.25, 0.3) is 0 Å². The third-order valence-electron chi connectivity index (χ3n) is 2.14. The van der Waals surface area contributed by atoms with Crippen LogP contribution in [0.3, 0.4) is 0 Å². The van der Waals surface area contributed by atoms with Crippen molar-refractivity contribution < 1.29 is 39.5 Å². The fourth-order valence-electron chi connectivity index (χ4n) is 1.10. The molecule has 9 heteroatoms. The van der Waals surface area contributed by atoms with Crippen LogP contribution in [0.4, 0.5) is 0 Å². The fraction of sp³-hybridized carbons (Fsp3) is 0.700. The zero-order chi connectivity index (χ0) is 15.0. The lowest BCUT2D eigenvalue weighted by Gasteiger charge is -2.23. The molecule has 0 saturated heterocycles. The van der Waals surface area contributed by atoms with Gasteiger partial charge in [0, 0.05) is 0 Å². The summed E-state index contributed by atoms with van der Waals surface area (Å²) in [5.74, 6) is -1.90. The van der Waals surface area contributed by atoms with Gasteiger partial charge in [-0.15, -0.1) is 0 Å². The molecule has 0 aromatic rings. The van der Waals surface area contributed by atoms with Crippen molar-refractivity contribution in [2.24, 2.45) is 0 Å². The third-order valence-corrected chi connectivity index (χ3v) is 2.14. The van der Waals surface area contributed by atoms with Crippen LogP contribution in [-0.2, 0) is 19.1 Å². The number of carbonyl (C=O) groups is 3.